The molecule has 0 spiro atoms. The van der Waals surface area contributed by atoms with Crippen LogP contribution in [0.4, 0.5) is 4.79 Å². The van der Waals surface area contributed by atoms with E-state index in [4.69, 9.17) is 9.84 Å². The molecule has 6 nitrogen and oxygen atoms in total. The molecule has 0 aromatic carbocycles. The number of unbranched alkanes of at least 4 members (excludes halogenated alkanes) is 13. The SMILES string of the molecule is CCCCCCCCCCCSC(CCCCCCCC)C(C)OCCCOP(=O)(O)C(=O)O. The number of carbonyl (C=O) groups is 1. The lowest BCUT2D eigenvalue weighted by Gasteiger charge is -2.24. The van der Waals surface area contributed by atoms with E-state index in [1.165, 1.54) is 102 Å². The van der Waals surface area contributed by atoms with E-state index >= 15 is 0 Å². The van der Waals surface area contributed by atoms with Crippen LogP contribution in [0, 0.1) is 0 Å². The Morgan fingerprint density at radius 2 is 1.29 bits per heavy atom. The maximum absolute atomic E-state index is 11.3. The quantitative estimate of drug-likeness (QED) is 0.0861. The van der Waals surface area contributed by atoms with E-state index in [1.807, 2.05) is 11.8 Å². The Morgan fingerprint density at radius 3 is 1.82 bits per heavy atom. The van der Waals surface area contributed by atoms with Crippen molar-refractivity contribution in [2.45, 2.75) is 141 Å². The second-order valence-corrected chi connectivity index (χ2v) is 12.4. The number of carboxylic acid groups (broad SMARTS) is 1. The minimum atomic E-state index is -4.55. The van der Waals surface area contributed by atoms with Gasteiger partial charge in [-0.05, 0) is 31.9 Å². The highest BCUT2D eigenvalue weighted by molar-refractivity contribution is 7.99. The number of rotatable bonds is 26. The van der Waals surface area contributed by atoms with E-state index in [-0.39, 0.29) is 12.7 Å². The normalized spacial score (nSPS) is 15.2. The average molecular weight is 525 g/mol. The van der Waals surface area contributed by atoms with Gasteiger partial charge in [-0.3, -0.25) is 0 Å². The van der Waals surface area contributed by atoms with Crippen LogP contribution in [-0.4, -0.2) is 46.0 Å². The summed E-state index contributed by atoms with van der Waals surface area (Å²) in [7, 11) is -4.55. The zero-order chi connectivity index (χ0) is 25.5. The van der Waals surface area contributed by atoms with E-state index in [0.717, 1.165) is 6.42 Å². The van der Waals surface area contributed by atoms with Gasteiger partial charge in [-0.25, -0.2) is 9.36 Å². The van der Waals surface area contributed by atoms with Crippen LogP contribution in [0.3, 0.4) is 0 Å². The lowest BCUT2D eigenvalue weighted by Crippen LogP contribution is -2.25. The summed E-state index contributed by atoms with van der Waals surface area (Å²) in [6.07, 6.45) is 21.4. The van der Waals surface area contributed by atoms with Crippen LogP contribution >= 0.6 is 19.4 Å². The minimum absolute atomic E-state index is 0.0967. The molecule has 0 aromatic rings. The van der Waals surface area contributed by atoms with Gasteiger partial charge in [0.2, 0.25) is 0 Å². The highest BCUT2D eigenvalue weighted by Gasteiger charge is 2.29. The summed E-state index contributed by atoms with van der Waals surface area (Å²) in [6, 6.07) is 0. The van der Waals surface area contributed by atoms with Crippen LogP contribution in [0.5, 0.6) is 0 Å². The third kappa shape index (κ3) is 20.2. The van der Waals surface area contributed by atoms with Gasteiger partial charge in [-0.15, -0.1) is 0 Å². The van der Waals surface area contributed by atoms with Gasteiger partial charge >= 0.3 is 13.3 Å². The van der Waals surface area contributed by atoms with Gasteiger partial charge in [0.1, 0.15) is 0 Å². The van der Waals surface area contributed by atoms with Gasteiger partial charge in [0.15, 0.2) is 0 Å². The summed E-state index contributed by atoms with van der Waals surface area (Å²) in [6.45, 7) is 6.91. The monoisotopic (exact) mass is 524 g/mol. The van der Waals surface area contributed by atoms with Crippen LogP contribution in [0.25, 0.3) is 0 Å². The third-order valence-corrected chi connectivity index (χ3v) is 8.71. The van der Waals surface area contributed by atoms with Crippen molar-refractivity contribution in [1.82, 2.24) is 0 Å². The van der Waals surface area contributed by atoms with Crippen molar-refractivity contribution in [2.75, 3.05) is 19.0 Å². The van der Waals surface area contributed by atoms with Gasteiger partial charge in [0.25, 0.3) is 0 Å². The maximum Gasteiger partial charge on any atom is 0.435 e. The Balaban J connectivity index is 4.17. The van der Waals surface area contributed by atoms with E-state index in [1.54, 1.807) is 0 Å². The van der Waals surface area contributed by atoms with Gasteiger partial charge in [0.05, 0.1) is 12.7 Å². The standard InChI is InChI=1S/C26H53O6PS/c1-4-6-8-10-12-13-14-16-18-23-34-25(20-17-15-11-9-7-5-2)24(3)31-21-19-22-32-33(29,30)26(27)28/h24-25H,4-23H2,1-3H3,(H,27,28)(H,29,30). The zero-order valence-corrected chi connectivity index (χ0v) is 23.9. The van der Waals surface area contributed by atoms with Crippen LogP contribution in [0.15, 0.2) is 0 Å². The van der Waals surface area contributed by atoms with Crippen LogP contribution in [0.1, 0.15) is 130 Å². The molecule has 0 aliphatic heterocycles. The van der Waals surface area contributed by atoms with Crippen molar-refractivity contribution in [2.24, 2.45) is 0 Å². The summed E-state index contributed by atoms with van der Waals surface area (Å²) >= 11 is 2.03. The van der Waals surface area contributed by atoms with Gasteiger partial charge in [-0.1, -0.05) is 104 Å². The highest BCUT2D eigenvalue weighted by atomic mass is 32.2. The molecule has 0 saturated carbocycles. The predicted octanol–water partition coefficient (Wildman–Crippen LogP) is 9.04. The van der Waals surface area contributed by atoms with Crippen molar-refractivity contribution < 1.29 is 28.6 Å². The molecule has 0 saturated heterocycles. The Kier molecular flexibility index (Phi) is 23.3. The molecule has 0 heterocycles. The minimum Gasteiger partial charge on any atom is -0.472 e. The van der Waals surface area contributed by atoms with Crippen molar-refractivity contribution in [3.63, 3.8) is 0 Å². The fraction of sp³-hybridized carbons (Fsp3) is 0.962. The molecule has 204 valence electrons. The Hall–Kier alpha value is -0.0700. The first-order valence-electron chi connectivity index (χ1n) is 13.8. The molecule has 2 N–H and O–H groups in total. The summed E-state index contributed by atoms with van der Waals surface area (Å²) in [4.78, 5) is 19.8. The Labute approximate surface area is 213 Å². The van der Waals surface area contributed by atoms with E-state index in [0.29, 0.717) is 18.3 Å². The van der Waals surface area contributed by atoms with Crippen LogP contribution in [-0.2, 0) is 13.8 Å². The molecule has 3 atom stereocenters. The molecule has 0 amide bonds. The van der Waals surface area contributed by atoms with Crippen molar-refractivity contribution in [1.29, 1.82) is 0 Å². The second kappa shape index (κ2) is 23.3. The predicted molar refractivity (Wildman–Crippen MR) is 145 cm³/mol. The van der Waals surface area contributed by atoms with Crippen molar-refractivity contribution >= 4 is 25.1 Å². The smallest absolute Gasteiger partial charge is 0.435 e. The molecule has 0 aromatic heterocycles. The Morgan fingerprint density at radius 1 is 0.794 bits per heavy atom. The maximum atomic E-state index is 11.3. The molecule has 3 unspecified atom stereocenters. The summed E-state index contributed by atoms with van der Waals surface area (Å²) in [5, 5.41) is 9.08. The lowest BCUT2D eigenvalue weighted by molar-refractivity contribution is 0.0537. The topological polar surface area (TPSA) is 93.1 Å². The Bertz CT molecular complexity index is 520. The lowest BCUT2D eigenvalue weighted by atomic mass is 10.1. The average Bonchev–Trinajstić information content (AvgIpc) is 2.80. The molecule has 0 aliphatic carbocycles. The molecule has 8 heteroatoms. The first-order chi connectivity index (χ1) is 16.3. The summed E-state index contributed by atoms with van der Waals surface area (Å²) < 4.78 is 21.9. The fourth-order valence-corrected chi connectivity index (χ4v) is 5.75. The van der Waals surface area contributed by atoms with E-state index in [2.05, 4.69) is 25.3 Å². The zero-order valence-electron chi connectivity index (χ0n) is 22.2. The molecule has 0 fully saturated rings. The first-order valence-corrected chi connectivity index (χ1v) is 16.4. The van der Waals surface area contributed by atoms with Gasteiger partial charge < -0.3 is 19.3 Å². The molecule has 34 heavy (non-hydrogen) atoms. The van der Waals surface area contributed by atoms with Crippen molar-refractivity contribution in [3.05, 3.63) is 0 Å². The molecule has 0 radical (unpaired) electrons. The van der Waals surface area contributed by atoms with Gasteiger partial charge in [0, 0.05) is 11.9 Å². The molecule has 0 bridgehead atoms. The van der Waals surface area contributed by atoms with Gasteiger partial charge in [-0.2, -0.15) is 11.8 Å². The van der Waals surface area contributed by atoms with E-state index in [9.17, 15) is 14.3 Å². The summed E-state index contributed by atoms with van der Waals surface area (Å²) in [5.41, 5.74) is -1.81. The molecular formula is C26H53O6PS. The second-order valence-electron chi connectivity index (χ2n) is 9.36. The summed E-state index contributed by atoms with van der Waals surface area (Å²) in [5.74, 6) is 1.17. The molecule has 0 rings (SSSR count). The number of ether oxygens (including phenoxy) is 1. The highest BCUT2D eigenvalue weighted by Crippen LogP contribution is 2.42. The number of hydrogen-bond acceptors (Lipinski definition) is 5. The fourth-order valence-electron chi connectivity index (χ4n) is 3.91. The number of hydrogen-bond donors (Lipinski definition) is 2. The first kappa shape index (κ1) is 33.9. The van der Waals surface area contributed by atoms with Crippen LogP contribution in [0.2, 0.25) is 0 Å². The largest absolute Gasteiger partial charge is 0.472 e. The van der Waals surface area contributed by atoms with Crippen LogP contribution < -0.4 is 0 Å². The third-order valence-electron chi connectivity index (χ3n) is 6.12. The molecular weight excluding hydrogens is 471 g/mol. The van der Waals surface area contributed by atoms with E-state index < -0.39 is 13.3 Å². The number of thioether (sulfide) groups is 1. The van der Waals surface area contributed by atoms with Crippen molar-refractivity contribution in [3.8, 4) is 0 Å². The molecule has 0 aliphatic rings.